The average Bonchev–Trinajstić information content (AvgIpc) is 3.17. The molecule has 2 aliphatic rings. The van der Waals surface area contributed by atoms with E-state index in [4.69, 9.17) is 56.4 Å². The molecule has 2 fully saturated rings. The monoisotopic (exact) mass is 956 g/mol. The highest BCUT2D eigenvalue weighted by Gasteiger charge is 2.34. The van der Waals surface area contributed by atoms with E-state index in [9.17, 15) is 26.9 Å². The van der Waals surface area contributed by atoms with E-state index in [0.29, 0.717) is 63.3 Å². The van der Waals surface area contributed by atoms with Gasteiger partial charge >= 0.3 is 6.09 Å². The lowest BCUT2D eigenvalue weighted by Gasteiger charge is -2.35. The third kappa shape index (κ3) is 12.7. The molecule has 0 radical (unpaired) electrons. The molecular formula is C39H41Cl5N8O6S2. The van der Waals surface area contributed by atoms with E-state index in [2.05, 4.69) is 16.0 Å². The van der Waals surface area contributed by atoms with Crippen LogP contribution in [-0.4, -0.2) is 94.4 Å². The molecule has 0 unspecified atom stereocenters. The van der Waals surface area contributed by atoms with E-state index >= 15 is 0 Å². The fourth-order valence-electron chi connectivity index (χ4n) is 5.98. The van der Waals surface area contributed by atoms with Crippen LogP contribution in [0.2, 0.25) is 20.1 Å². The molecule has 0 aliphatic carbocycles. The van der Waals surface area contributed by atoms with Gasteiger partial charge in [0, 0.05) is 83.8 Å². The van der Waals surface area contributed by atoms with Crippen molar-refractivity contribution in [2.75, 3.05) is 63.0 Å². The molecule has 60 heavy (non-hydrogen) atoms. The largest absolute Gasteiger partial charge is 0.444 e. The fraction of sp³-hybridized carbons (Fsp3) is 0.308. The molecule has 3 N–H and O–H groups in total. The van der Waals surface area contributed by atoms with E-state index in [-0.39, 0.29) is 65.2 Å². The predicted molar refractivity (Wildman–Crippen MR) is 237 cm³/mol. The predicted octanol–water partition coefficient (Wildman–Crippen LogP) is 8.47. The lowest BCUT2D eigenvalue weighted by molar-refractivity contribution is 0.0192. The van der Waals surface area contributed by atoms with Crippen molar-refractivity contribution in [2.45, 2.75) is 36.2 Å². The van der Waals surface area contributed by atoms with Gasteiger partial charge in [-0.05, 0) is 93.6 Å². The lowest BCUT2D eigenvalue weighted by atomic mass is 10.2. The summed E-state index contributed by atoms with van der Waals surface area (Å²) in [4.78, 5) is 13.8. The topological polar surface area (TPSA) is 188 Å². The molecule has 0 bridgehead atoms. The van der Waals surface area contributed by atoms with Crippen LogP contribution in [0.15, 0.2) is 82.6 Å². The summed E-state index contributed by atoms with van der Waals surface area (Å²) in [7, 11) is -7.73. The summed E-state index contributed by atoms with van der Waals surface area (Å²) in [5.41, 5.74) is 1.54. The van der Waals surface area contributed by atoms with Crippen molar-refractivity contribution in [3.8, 4) is 12.1 Å². The minimum absolute atomic E-state index is 0. The van der Waals surface area contributed by atoms with Crippen molar-refractivity contribution in [1.29, 1.82) is 10.5 Å². The van der Waals surface area contributed by atoms with Gasteiger partial charge in [-0.1, -0.05) is 46.4 Å². The number of anilines is 4. The van der Waals surface area contributed by atoms with Crippen LogP contribution in [0.5, 0.6) is 0 Å². The third-order valence-electron chi connectivity index (χ3n) is 8.71. The number of ether oxygens (including phenoxy) is 1. The molecule has 14 nitrogen and oxygen atoms in total. The van der Waals surface area contributed by atoms with E-state index in [0.717, 1.165) is 0 Å². The zero-order valence-corrected chi connectivity index (χ0v) is 38.0. The second kappa shape index (κ2) is 20.7. The van der Waals surface area contributed by atoms with Gasteiger partial charge in [-0.2, -0.15) is 19.1 Å². The maximum atomic E-state index is 13.5. The van der Waals surface area contributed by atoms with Crippen LogP contribution in [0.4, 0.5) is 27.5 Å². The minimum atomic E-state index is -3.97. The maximum Gasteiger partial charge on any atom is 0.410 e. The number of sulfonamides is 2. The Morgan fingerprint density at radius 2 is 1.03 bits per heavy atom. The van der Waals surface area contributed by atoms with Gasteiger partial charge in [-0.25, -0.2) is 21.6 Å². The Kier molecular flexibility index (Phi) is 16.8. The number of carbonyl (C=O) groups is 1. The number of benzene rings is 4. The van der Waals surface area contributed by atoms with E-state index < -0.39 is 31.7 Å². The number of nitrogens with one attached hydrogen (secondary N) is 3. The number of rotatable bonds is 8. The first kappa shape index (κ1) is 48.6. The molecule has 0 saturated carbocycles. The van der Waals surface area contributed by atoms with Crippen LogP contribution >= 0.6 is 58.8 Å². The normalized spacial score (nSPS) is 15.0. The van der Waals surface area contributed by atoms with E-state index in [1.165, 1.54) is 37.8 Å². The molecule has 6 rings (SSSR count). The molecular weight excluding hydrogens is 918 g/mol. The molecule has 2 heterocycles. The zero-order valence-electron chi connectivity index (χ0n) is 32.5. The number of hydrogen-bond donors (Lipinski definition) is 3. The van der Waals surface area contributed by atoms with Crippen LogP contribution in [0, 0.1) is 22.7 Å². The number of hydrogen-bond acceptors (Lipinski definition) is 11. The van der Waals surface area contributed by atoms with Gasteiger partial charge in [0.05, 0.1) is 34.6 Å². The van der Waals surface area contributed by atoms with Crippen molar-refractivity contribution in [1.82, 2.24) is 18.8 Å². The van der Waals surface area contributed by atoms with Crippen LogP contribution in [0.1, 0.15) is 31.9 Å². The second-order valence-electron chi connectivity index (χ2n) is 14.2. The van der Waals surface area contributed by atoms with Gasteiger partial charge in [0.25, 0.3) is 0 Å². The van der Waals surface area contributed by atoms with Crippen molar-refractivity contribution in [3.63, 3.8) is 0 Å². The molecule has 0 atom stereocenters. The highest BCUT2D eigenvalue weighted by molar-refractivity contribution is 7.89. The molecule has 4 aromatic carbocycles. The SMILES string of the molecule is CC(C)(C)OC(=O)N1CCN(S(=O)(=O)c2cc(C#N)ccc2Nc2cc(Cl)cc(Cl)c2)CC1.Cl.N#Cc1ccc(Nc2cc(Cl)cc(Cl)c2)c(S(=O)(=O)N2CCNCC2)c1. The maximum absolute atomic E-state index is 13.5. The Balaban J connectivity index is 0.000000267. The first-order valence-electron chi connectivity index (χ1n) is 18.0. The van der Waals surface area contributed by atoms with Gasteiger partial charge in [0.2, 0.25) is 20.0 Å². The zero-order chi connectivity index (χ0) is 43.1. The van der Waals surface area contributed by atoms with Crippen LogP contribution in [-0.2, 0) is 24.8 Å². The second-order valence-corrected chi connectivity index (χ2v) is 19.8. The first-order valence-corrected chi connectivity index (χ1v) is 22.4. The highest BCUT2D eigenvalue weighted by atomic mass is 35.5. The van der Waals surface area contributed by atoms with E-state index in [1.807, 2.05) is 12.1 Å². The molecule has 0 aromatic heterocycles. The number of carbonyl (C=O) groups excluding carboxylic acids is 1. The summed E-state index contributed by atoms with van der Waals surface area (Å²) >= 11 is 24.1. The summed E-state index contributed by atoms with van der Waals surface area (Å²) in [6.07, 6.45) is -0.480. The van der Waals surface area contributed by atoms with Crippen LogP contribution in [0.3, 0.4) is 0 Å². The smallest absolute Gasteiger partial charge is 0.410 e. The van der Waals surface area contributed by atoms with Gasteiger partial charge in [0.15, 0.2) is 0 Å². The van der Waals surface area contributed by atoms with Gasteiger partial charge < -0.3 is 25.6 Å². The third-order valence-corrected chi connectivity index (χ3v) is 13.5. The summed E-state index contributed by atoms with van der Waals surface area (Å²) in [6.45, 7) is 7.83. The number of amides is 1. The molecule has 320 valence electrons. The Labute approximate surface area is 376 Å². The van der Waals surface area contributed by atoms with Gasteiger partial charge in [-0.3, -0.25) is 0 Å². The summed E-state index contributed by atoms with van der Waals surface area (Å²) in [5.74, 6) is 0. The standard InChI is InChI=1S/C22H24Cl2N4O4S.C17H16Cl2N4O2S.ClH/c1-22(2,3)32-21(29)27-6-8-28(9-7-27)33(30,31)20-10-15(14-25)4-5-19(20)26-18-12-16(23)11-17(24)13-18;18-13-8-14(19)10-15(9-13)22-16-2-1-12(11-20)7-17(16)26(24,25)23-5-3-21-4-6-23;/h4-5,10-13,26H,6-9H2,1-3H3;1-2,7-10,21-22H,3-6H2;1H. The number of nitriles is 2. The average molecular weight is 959 g/mol. The Bertz CT molecular complexity index is 2470. The Hall–Kier alpha value is -4.04. The van der Waals surface area contributed by atoms with Gasteiger partial charge in [-0.15, -0.1) is 12.4 Å². The molecule has 2 aliphatic heterocycles. The molecule has 2 saturated heterocycles. The minimum Gasteiger partial charge on any atom is -0.444 e. The molecule has 1 amide bonds. The molecule has 4 aromatic rings. The van der Waals surface area contributed by atoms with Crippen LogP contribution < -0.4 is 16.0 Å². The number of halogens is 5. The van der Waals surface area contributed by atoms with Crippen molar-refractivity contribution in [3.05, 3.63) is 104 Å². The Morgan fingerprint density at radius 3 is 1.40 bits per heavy atom. The first-order chi connectivity index (χ1) is 27.8. The summed E-state index contributed by atoms with van der Waals surface area (Å²) in [5, 5.41) is 29.3. The quantitative estimate of drug-likeness (QED) is 0.154. The molecule has 21 heteroatoms. The van der Waals surface area contributed by atoms with Crippen molar-refractivity contribution in [2.24, 2.45) is 0 Å². The van der Waals surface area contributed by atoms with Crippen molar-refractivity contribution < 1.29 is 26.4 Å². The fourth-order valence-corrected chi connectivity index (χ4v) is 10.2. The summed E-state index contributed by atoms with van der Waals surface area (Å²) in [6, 6.07) is 22.5. The van der Waals surface area contributed by atoms with Gasteiger partial charge in [0.1, 0.15) is 15.4 Å². The lowest BCUT2D eigenvalue weighted by Crippen LogP contribution is -2.51. The summed E-state index contributed by atoms with van der Waals surface area (Å²) < 4.78 is 61.3. The highest BCUT2D eigenvalue weighted by Crippen LogP contribution is 2.33. The number of nitrogens with zero attached hydrogens (tertiary/aromatic N) is 5. The van der Waals surface area contributed by atoms with E-state index in [1.54, 1.807) is 69.3 Å². The number of piperazine rings is 2. The van der Waals surface area contributed by atoms with Crippen molar-refractivity contribution >= 4 is 108 Å². The van der Waals surface area contributed by atoms with Crippen LogP contribution in [0.25, 0.3) is 0 Å². The molecule has 0 spiro atoms. The Morgan fingerprint density at radius 1 is 0.650 bits per heavy atom.